The molecule has 0 saturated heterocycles. The molecule has 1 atom stereocenters. The molecule has 2 N–H and O–H groups in total. The molecule has 0 aliphatic carbocycles. The van der Waals surface area contributed by atoms with Crippen LogP contribution in [0.25, 0.3) is 10.1 Å². The van der Waals surface area contributed by atoms with Crippen LogP contribution in [-0.4, -0.2) is 6.04 Å². The van der Waals surface area contributed by atoms with E-state index in [2.05, 4.69) is 60.8 Å². The van der Waals surface area contributed by atoms with Gasteiger partial charge in [0.15, 0.2) is 0 Å². The Balaban J connectivity index is 1.62. The molecule has 0 aliphatic rings. The van der Waals surface area contributed by atoms with Gasteiger partial charge in [-0.25, -0.2) is 0 Å². The average molecular weight is 295 g/mol. The Bertz CT molecular complexity index is 729. The third-order valence-corrected chi connectivity index (χ3v) is 4.94. The summed E-state index contributed by atoms with van der Waals surface area (Å²) in [6.45, 7) is 2.14. The standard InChI is InChI=1S/C19H21NS/c1-14-5-4-6-15(11-14)9-10-17(20)12-16-13-21-19-8-3-2-7-18(16)19/h2-8,11,13,17H,9-10,12,20H2,1H3. The predicted molar refractivity (Wildman–Crippen MR) is 93.0 cm³/mol. The third kappa shape index (κ3) is 3.52. The number of fused-ring (bicyclic) bond motifs is 1. The SMILES string of the molecule is Cc1cccc(CCC(N)Cc2csc3ccccc23)c1. The monoisotopic (exact) mass is 295 g/mol. The van der Waals surface area contributed by atoms with Crippen molar-refractivity contribution in [2.45, 2.75) is 32.2 Å². The van der Waals surface area contributed by atoms with Crippen LogP contribution < -0.4 is 5.73 Å². The summed E-state index contributed by atoms with van der Waals surface area (Å²) in [5.74, 6) is 0. The van der Waals surface area contributed by atoms with Crippen molar-refractivity contribution in [2.24, 2.45) is 5.73 Å². The molecule has 2 heteroatoms. The molecule has 0 aliphatic heterocycles. The summed E-state index contributed by atoms with van der Waals surface area (Å²) in [4.78, 5) is 0. The summed E-state index contributed by atoms with van der Waals surface area (Å²) < 4.78 is 1.36. The molecule has 1 unspecified atom stereocenters. The Morgan fingerprint density at radius 3 is 2.81 bits per heavy atom. The van der Waals surface area contributed by atoms with Crippen molar-refractivity contribution >= 4 is 21.4 Å². The van der Waals surface area contributed by atoms with Crippen LogP contribution in [0.1, 0.15) is 23.1 Å². The molecule has 0 amide bonds. The summed E-state index contributed by atoms with van der Waals surface area (Å²) in [6.07, 6.45) is 3.06. The number of hydrogen-bond acceptors (Lipinski definition) is 2. The first-order valence-electron chi connectivity index (χ1n) is 7.48. The fraction of sp³-hybridized carbons (Fsp3) is 0.263. The van der Waals surface area contributed by atoms with E-state index in [1.54, 1.807) is 0 Å². The lowest BCUT2D eigenvalue weighted by molar-refractivity contribution is 0.613. The molecule has 3 aromatic rings. The van der Waals surface area contributed by atoms with E-state index in [9.17, 15) is 0 Å². The second-order valence-corrected chi connectivity index (χ2v) is 6.66. The minimum Gasteiger partial charge on any atom is -0.327 e. The van der Waals surface area contributed by atoms with Gasteiger partial charge in [0.25, 0.3) is 0 Å². The number of thiophene rings is 1. The Hall–Kier alpha value is -1.64. The van der Waals surface area contributed by atoms with Gasteiger partial charge in [0.2, 0.25) is 0 Å². The quantitative estimate of drug-likeness (QED) is 0.724. The highest BCUT2D eigenvalue weighted by atomic mass is 32.1. The Kier molecular flexibility index (Phi) is 4.37. The summed E-state index contributed by atoms with van der Waals surface area (Å²) >= 11 is 1.82. The van der Waals surface area contributed by atoms with Crippen LogP contribution >= 0.6 is 11.3 Å². The summed E-state index contributed by atoms with van der Waals surface area (Å²) in [6, 6.07) is 17.5. The second kappa shape index (κ2) is 6.42. The van der Waals surface area contributed by atoms with Crippen molar-refractivity contribution in [2.75, 3.05) is 0 Å². The zero-order valence-electron chi connectivity index (χ0n) is 12.4. The van der Waals surface area contributed by atoms with Crippen LogP contribution in [0.15, 0.2) is 53.9 Å². The van der Waals surface area contributed by atoms with Crippen LogP contribution in [0.5, 0.6) is 0 Å². The number of aryl methyl sites for hydroxylation is 2. The molecule has 1 aromatic heterocycles. The maximum absolute atomic E-state index is 6.35. The van der Waals surface area contributed by atoms with E-state index in [1.807, 2.05) is 11.3 Å². The van der Waals surface area contributed by atoms with E-state index < -0.39 is 0 Å². The van der Waals surface area contributed by atoms with E-state index in [1.165, 1.54) is 26.8 Å². The maximum atomic E-state index is 6.35. The molecular weight excluding hydrogens is 274 g/mol. The average Bonchev–Trinajstić information content (AvgIpc) is 2.89. The molecule has 1 heterocycles. The van der Waals surface area contributed by atoms with Crippen LogP contribution in [0.3, 0.4) is 0 Å². The largest absolute Gasteiger partial charge is 0.327 e. The fourth-order valence-electron chi connectivity index (χ4n) is 2.80. The zero-order chi connectivity index (χ0) is 14.7. The predicted octanol–water partition coefficient (Wildman–Crippen LogP) is 4.71. The lowest BCUT2D eigenvalue weighted by Gasteiger charge is -2.11. The molecule has 0 fully saturated rings. The Labute approximate surface area is 130 Å². The molecule has 2 aromatic carbocycles. The third-order valence-electron chi connectivity index (χ3n) is 3.93. The number of hydrogen-bond donors (Lipinski definition) is 1. The normalized spacial score (nSPS) is 12.7. The lowest BCUT2D eigenvalue weighted by Crippen LogP contribution is -2.23. The van der Waals surface area contributed by atoms with Crippen molar-refractivity contribution in [1.29, 1.82) is 0 Å². The highest BCUT2D eigenvalue weighted by molar-refractivity contribution is 7.17. The topological polar surface area (TPSA) is 26.0 Å². The van der Waals surface area contributed by atoms with Crippen LogP contribution in [0.2, 0.25) is 0 Å². The highest BCUT2D eigenvalue weighted by Gasteiger charge is 2.09. The minimum atomic E-state index is 0.225. The molecular formula is C19H21NS. The van der Waals surface area contributed by atoms with E-state index >= 15 is 0 Å². The molecule has 0 radical (unpaired) electrons. The number of nitrogens with two attached hydrogens (primary N) is 1. The molecule has 108 valence electrons. The zero-order valence-corrected chi connectivity index (χ0v) is 13.2. The first-order valence-corrected chi connectivity index (χ1v) is 8.36. The molecule has 21 heavy (non-hydrogen) atoms. The van der Waals surface area contributed by atoms with Gasteiger partial charge < -0.3 is 5.73 Å². The van der Waals surface area contributed by atoms with Gasteiger partial charge in [0, 0.05) is 10.7 Å². The van der Waals surface area contributed by atoms with Crippen molar-refractivity contribution in [3.63, 3.8) is 0 Å². The van der Waals surface area contributed by atoms with Gasteiger partial charge in [-0.3, -0.25) is 0 Å². The van der Waals surface area contributed by atoms with Crippen LogP contribution in [-0.2, 0) is 12.8 Å². The maximum Gasteiger partial charge on any atom is 0.0345 e. The molecule has 1 nitrogen and oxygen atoms in total. The molecule has 0 bridgehead atoms. The van der Waals surface area contributed by atoms with Gasteiger partial charge in [-0.15, -0.1) is 11.3 Å². The summed E-state index contributed by atoms with van der Waals surface area (Å²) in [5.41, 5.74) is 10.5. The van der Waals surface area contributed by atoms with Gasteiger partial charge in [-0.1, -0.05) is 48.0 Å². The highest BCUT2D eigenvalue weighted by Crippen LogP contribution is 2.26. The van der Waals surface area contributed by atoms with Gasteiger partial charge in [-0.2, -0.15) is 0 Å². The summed E-state index contributed by atoms with van der Waals surface area (Å²) in [5, 5.41) is 3.63. The first-order chi connectivity index (χ1) is 10.2. The Morgan fingerprint density at radius 2 is 1.95 bits per heavy atom. The van der Waals surface area contributed by atoms with Crippen molar-refractivity contribution < 1.29 is 0 Å². The van der Waals surface area contributed by atoms with E-state index in [4.69, 9.17) is 5.73 Å². The fourth-order valence-corrected chi connectivity index (χ4v) is 3.77. The van der Waals surface area contributed by atoms with Gasteiger partial charge >= 0.3 is 0 Å². The van der Waals surface area contributed by atoms with Gasteiger partial charge in [-0.05, 0) is 54.1 Å². The lowest BCUT2D eigenvalue weighted by atomic mass is 9.99. The van der Waals surface area contributed by atoms with Gasteiger partial charge in [0.1, 0.15) is 0 Å². The number of benzene rings is 2. The van der Waals surface area contributed by atoms with E-state index in [-0.39, 0.29) is 6.04 Å². The van der Waals surface area contributed by atoms with Crippen molar-refractivity contribution in [3.8, 4) is 0 Å². The molecule has 0 saturated carbocycles. The first kappa shape index (κ1) is 14.3. The van der Waals surface area contributed by atoms with E-state index in [0.717, 1.165) is 19.3 Å². The van der Waals surface area contributed by atoms with Crippen molar-refractivity contribution in [1.82, 2.24) is 0 Å². The van der Waals surface area contributed by atoms with Gasteiger partial charge in [0.05, 0.1) is 0 Å². The second-order valence-electron chi connectivity index (χ2n) is 5.75. The van der Waals surface area contributed by atoms with E-state index in [0.29, 0.717) is 0 Å². The molecule has 0 spiro atoms. The smallest absolute Gasteiger partial charge is 0.0345 e. The Morgan fingerprint density at radius 1 is 1.10 bits per heavy atom. The summed E-state index contributed by atoms with van der Waals surface area (Å²) in [7, 11) is 0. The van der Waals surface area contributed by atoms with Crippen molar-refractivity contribution in [3.05, 3.63) is 70.6 Å². The van der Waals surface area contributed by atoms with Crippen LogP contribution in [0.4, 0.5) is 0 Å². The number of rotatable bonds is 5. The van der Waals surface area contributed by atoms with Crippen LogP contribution in [0, 0.1) is 6.92 Å². The minimum absolute atomic E-state index is 0.225. The molecule has 3 rings (SSSR count).